The summed E-state index contributed by atoms with van der Waals surface area (Å²) in [7, 11) is 0. The van der Waals surface area contributed by atoms with Crippen LogP contribution in [-0.2, 0) is 0 Å². The third-order valence-electron chi connectivity index (χ3n) is 6.17. The Bertz CT molecular complexity index is 714. The fourth-order valence-electron chi connectivity index (χ4n) is 5.64. The van der Waals surface area contributed by atoms with Crippen LogP contribution in [0.1, 0.15) is 49.2 Å². The Balaban J connectivity index is 1.46. The molecule has 4 aliphatic carbocycles. The van der Waals surface area contributed by atoms with Gasteiger partial charge in [0.15, 0.2) is 0 Å². The summed E-state index contributed by atoms with van der Waals surface area (Å²) in [6.45, 7) is 0. The van der Waals surface area contributed by atoms with Crippen molar-refractivity contribution in [3.8, 4) is 11.4 Å². The van der Waals surface area contributed by atoms with Gasteiger partial charge >= 0.3 is 0 Å². The zero-order valence-electron chi connectivity index (χ0n) is 13.1. The summed E-state index contributed by atoms with van der Waals surface area (Å²) in [5.74, 6) is 3.04. The highest BCUT2D eigenvalue weighted by atomic mass is 16.5. The summed E-state index contributed by atoms with van der Waals surface area (Å²) in [4.78, 5) is 17.6. The molecule has 23 heavy (non-hydrogen) atoms. The van der Waals surface area contributed by atoms with E-state index in [1.165, 1.54) is 19.3 Å². The van der Waals surface area contributed by atoms with Crippen molar-refractivity contribution in [1.82, 2.24) is 10.1 Å². The van der Waals surface area contributed by atoms with Gasteiger partial charge < -0.3 is 4.52 Å². The number of hydrogen-bond donors (Lipinski definition) is 0. The van der Waals surface area contributed by atoms with Crippen LogP contribution in [0, 0.1) is 23.2 Å². The van der Waals surface area contributed by atoms with Crippen molar-refractivity contribution in [2.45, 2.75) is 38.5 Å². The Kier molecular flexibility index (Phi) is 2.79. The molecule has 4 saturated carbocycles. The van der Waals surface area contributed by atoms with Crippen molar-refractivity contribution in [3.63, 3.8) is 0 Å². The normalized spacial score (nSPS) is 34.7. The van der Waals surface area contributed by atoms with E-state index in [2.05, 4.69) is 10.1 Å². The molecule has 0 atom stereocenters. The lowest BCUT2D eigenvalue weighted by Crippen LogP contribution is -2.50. The van der Waals surface area contributed by atoms with Gasteiger partial charge in [0.2, 0.25) is 11.6 Å². The highest BCUT2D eigenvalue weighted by molar-refractivity contribution is 5.97. The molecular weight excluding hydrogens is 288 g/mol. The van der Waals surface area contributed by atoms with Crippen LogP contribution in [0.4, 0.5) is 0 Å². The maximum absolute atomic E-state index is 13.1. The van der Waals surface area contributed by atoms with Gasteiger partial charge in [0.05, 0.1) is 0 Å². The maximum atomic E-state index is 13.1. The van der Waals surface area contributed by atoms with Crippen molar-refractivity contribution in [1.29, 1.82) is 0 Å². The van der Waals surface area contributed by atoms with Crippen LogP contribution >= 0.6 is 0 Å². The van der Waals surface area contributed by atoms with Gasteiger partial charge in [0.25, 0.3) is 5.89 Å². The highest BCUT2D eigenvalue weighted by Gasteiger charge is 2.55. The van der Waals surface area contributed by atoms with Crippen LogP contribution in [-0.4, -0.2) is 15.9 Å². The molecule has 4 aliphatic rings. The smallest absolute Gasteiger partial charge is 0.294 e. The molecule has 4 heteroatoms. The maximum Gasteiger partial charge on any atom is 0.294 e. The minimum absolute atomic E-state index is 0.103. The number of ketones is 1. The number of nitrogens with zero attached hydrogens (tertiary/aromatic N) is 2. The van der Waals surface area contributed by atoms with Gasteiger partial charge in [-0.3, -0.25) is 4.79 Å². The van der Waals surface area contributed by atoms with E-state index in [0.717, 1.165) is 42.6 Å². The molecule has 0 amide bonds. The second kappa shape index (κ2) is 4.76. The zero-order valence-corrected chi connectivity index (χ0v) is 13.1. The third kappa shape index (κ3) is 2.07. The average molecular weight is 308 g/mol. The zero-order chi connectivity index (χ0) is 15.4. The van der Waals surface area contributed by atoms with Crippen LogP contribution in [0.2, 0.25) is 0 Å². The first kappa shape index (κ1) is 13.5. The molecule has 1 aromatic heterocycles. The largest absolute Gasteiger partial charge is 0.330 e. The fourth-order valence-corrected chi connectivity index (χ4v) is 5.64. The molecule has 0 spiro atoms. The van der Waals surface area contributed by atoms with Crippen molar-refractivity contribution in [3.05, 3.63) is 36.2 Å². The SMILES string of the molecule is O=C(c1nc(-c2ccccc2)no1)C12CC3CC(CC(C3)C1)C2. The molecule has 1 heterocycles. The van der Waals surface area contributed by atoms with Crippen molar-refractivity contribution < 1.29 is 9.32 Å². The monoisotopic (exact) mass is 308 g/mol. The van der Waals surface area contributed by atoms with Crippen LogP contribution in [0.5, 0.6) is 0 Å². The molecule has 0 aliphatic heterocycles. The van der Waals surface area contributed by atoms with E-state index in [4.69, 9.17) is 4.52 Å². The first-order valence-electron chi connectivity index (χ1n) is 8.66. The number of benzene rings is 1. The summed E-state index contributed by atoms with van der Waals surface area (Å²) in [5.41, 5.74) is 0.677. The molecule has 1 aromatic carbocycles. The number of carbonyl (C=O) groups is 1. The minimum atomic E-state index is -0.213. The Morgan fingerprint density at radius 1 is 1.00 bits per heavy atom. The highest BCUT2D eigenvalue weighted by Crippen LogP contribution is 2.60. The van der Waals surface area contributed by atoms with E-state index in [9.17, 15) is 4.79 Å². The second-order valence-corrected chi connectivity index (χ2v) is 7.82. The number of hydrogen-bond acceptors (Lipinski definition) is 4. The molecule has 0 saturated heterocycles. The topological polar surface area (TPSA) is 56.0 Å². The summed E-state index contributed by atoms with van der Waals surface area (Å²) < 4.78 is 5.36. The lowest BCUT2D eigenvalue weighted by atomic mass is 9.48. The third-order valence-corrected chi connectivity index (χ3v) is 6.17. The number of carbonyl (C=O) groups excluding carboxylic acids is 1. The molecule has 4 fully saturated rings. The fraction of sp³-hybridized carbons (Fsp3) is 0.526. The molecule has 0 N–H and O–H groups in total. The van der Waals surface area contributed by atoms with Gasteiger partial charge in [-0.15, -0.1) is 0 Å². The van der Waals surface area contributed by atoms with Gasteiger partial charge in [-0.05, 0) is 56.3 Å². The lowest BCUT2D eigenvalue weighted by Gasteiger charge is -2.55. The first-order chi connectivity index (χ1) is 11.2. The molecule has 0 radical (unpaired) electrons. The number of rotatable bonds is 3. The van der Waals surface area contributed by atoms with E-state index in [1.54, 1.807) is 0 Å². The van der Waals surface area contributed by atoms with Crippen LogP contribution in [0.15, 0.2) is 34.9 Å². The van der Waals surface area contributed by atoms with E-state index in [0.29, 0.717) is 5.82 Å². The van der Waals surface area contributed by atoms with Gasteiger partial charge in [-0.25, -0.2) is 0 Å². The van der Waals surface area contributed by atoms with Crippen molar-refractivity contribution >= 4 is 5.78 Å². The van der Waals surface area contributed by atoms with Gasteiger partial charge in [-0.1, -0.05) is 35.5 Å². The molecule has 6 rings (SSSR count). The van der Waals surface area contributed by atoms with Crippen molar-refractivity contribution in [2.75, 3.05) is 0 Å². The lowest BCUT2D eigenvalue weighted by molar-refractivity contribution is -0.0371. The second-order valence-electron chi connectivity index (χ2n) is 7.82. The van der Waals surface area contributed by atoms with Crippen molar-refractivity contribution in [2.24, 2.45) is 23.2 Å². The first-order valence-corrected chi connectivity index (χ1v) is 8.66. The van der Waals surface area contributed by atoms with Crippen LogP contribution < -0.4 is 0 Å². The van der Waals surface area contributed by atoms with Gasteiger partial charge in [0.1, 0.15) is 0 Å². The number of aromatic nitrogens is 2. The van der Waals surface area contributed by atoms with E-state index >= 15 is 0 Å². The van der Waals surface area contributed by atoms with Gasteiger partial charge in [0, 0.05) is 11.0 Å². The predicted molar refractivity (Wildman–Crippen MR) is 84.7 cm³/mol. The summed E-state index contributed by atoms with van der Waals surface area (Å²) >= 11 is 0. The summed E-state index contributed by atoms with van der Waals surface area (Å²) in [5, 5.41) is 4.03. The average Bonchev–Trinajstić information content (AvgIpc) is 3.03. The van der Waals surface area contributed by atoms with Crippen LogP contribution in [0.25, 0.3) is 11.4 Å². The molecule has 2 aromatic rings. The predicted octanol–water partition coefficient (Wildman–Crippen LogP) is 4.14. The summed E-state index contributed by atoms with van der Waals surface area (Å²) in [6.07, 6.45) is 7.06. The molecule has 4 nitrogen and oxygen atoms in total. The molecule has 118 valence electrons. The number of Topliss-reactive ketones (excluding diaryl/α,β-unsaturated/α-hetero) is 1. The molecule has 0 unspecified atom stereocenters. The standard InChI is InChI=1S/C19H20N2O2/c22-16(18-20-17(21-23-18)15-4-2-1-3-5-15)19-9-12-6-13(10-19)8-14(7-12)11-19/h1-5,12-14H,6-11H2. The Labute approximate surface area is 135 Å². The Hall–Kier alpha value is -1.97. The van der Waals surface area contributed by atoms with E-state index in [1.807, 2.05) is 30.3 Å². The Morgan fingerprint density at radius 3 is 2.22 bits per heavy atom. The van der Waals surface area contributed by atoms with Crippen LogP contribution in [0.3, 0.4) is 0 Å². The van der Waals surface area contributed by atoms with E-state index < -0.39 is 0 Å². The molecular formula is C19H20N2O2. The van der Waals surface area contributed by atoms with Gasteiger partial charge in [-0.2, -0.15) is 4.98 Å². The van der Waals surface area contributed by atoms with E-state index in [-0.39, 0.29) is 17.1 Å². The Morgan fingerprint density at radius 2 is 1.61 bits per heavy atom. The molecule has 4 bridgehead atoms. The minimum Gasteiger partial charge on any atom is -0.330 e. The quantitative estimate of drug-likeness (QED) is 0.800. The summed E-state index contributed by atoms with van der Waals surface area (Å²) in [6, 6.07) is 9.69.